The molecular formula is C21H22N2O3. The van der Waals surface area contributed by atoms with E-state index in [-0.39, 0.29) is 11.9 Å². The van der Waals surface area contributed by atoms with Gasteiger partial charge in [-0.1, -0.05) is 36.4 Å². The molecule has 0 saturated carbocycles. The summed E-state index contributed by atoms with van der Waals surface area (Å²) < 4.78 is 5.09. The Kier molecular flexibility index (Phi) is 5.46. The summed E-state index contributed by atoms with van der Waals surface area (Å²) in [5, 5.41) is 0. The number of carbonyl (C=O) groups excluding carboxylic acids is 2. The molecule has 134 valence electrons. The van der Waals surface area contributed by atoms with Gasteiger partial charge in [0.2, 0.25) is 5.91 Å². The van der Waals surface area contributed by atoms with Crippen LogP contribution >= 0.6 is 0 Å². The summed E-state index contributed by atoms with van der Waals surface area (Å²) in [6.45, 7) is 1.03. The Morgan fingerprint density at radius 2 is 1.85 bits per heavy atom. The van der Waals surface area contributed by atoms with Crippen LogP contribution in [0.4, 0.5) is 0 Å². The van der Waals surface area contributed by atoms with Crippen LogP contribution in [0.3, 0.4) is 0 Å². The van der Waals surface area contributed by atoms with Crippen molar-refractivity contribution in [3.8, 4) is 0 Å². The highest BCUT2D eigenvalue weighted by Crippen LogP contribution is 2.36. The van der Waals surface area contributed by atoms with Gasteiger partial charge in [0, 0.05) is 31.6 Å². The third-order valence-corrected chi connectivity index (χ3v) is 4.93. The fraction of sp³-hybridized carbons (Fsp3) is 0.286. The Balaban J connectivity index is 1.71. The Hall–Kier alpha value is -2.95. The number of amides is 1. The van der Waals surface area contributed by atoms with Crippen molar-refractivity contribution < 1.29 is 14.3 Å². The smallest absolute Gasteiger partial charge is 0.316 e. The second-order valence-corrected chi connectivity index (χ2v) is 6.38. The molecule has 5 nitrogen and oxygen atoms in total. The normalized spacial score (nSPS) is 16.4. The molecule has 1 amide bonds. The lowest BCUT2D eigenvalue weighted by molar-refractivity contribution is -0.151. The molecule has 0 bridgehead atoms. The fourth-order valence-electron chi connectivity index (χ4n) is 3.42. The quantitative estimate of drug-likeness (QED) is 0.628. The Bertz CT molecular complexity index is 779. The summed E-state index contributed by atoms with van der Waals surface area (Å²) in [6, 6.07) is 13.4. The summed E-state index contributed by atoms with van der Waals surface area (Å²) in [5.41, 5.74) is 1.15. The summed E-state index contributed by atoms with van der Waals surface area (Å²) >= 11 is 0. The largest absolute Gasteiger partial charge is 0.468 e. The maximum absolute atomic E-state index is 12.5. The van der Waals surface area contributed by atoms with E-state index >= 15 is 0 Å². The van der Waals surface area contributed by atoms with Gasteiger partial charge >= 0.3 is 5.97 Å². The molecule has 1 aliphatic rings. The molecule has 5 heteroatoms. The van der Waals surface area contributed by atoms with Gasteiger partial charge in [-0.3, -0.25) is 14.6 Å². The molecular weight excluding hydrogens is 328 g/mol. The molecule has 1 aromatic carbocycles. The number of aromatic nitrogens is 1. The van der Waals surface area contributed by atoms with Gasteiger partial charge in [0.1, 0.15) is 0 Å². The number of nitrogens with zero attached hydrogens (tertiary/aromatic N) is 2. The van der Waals surface area contributed by atoms with Gasteiger partial charge in [-0.05, 0) is 36.1 Å². The number of rotatable bonds is 4. The summed E-state index contributed by atoms with van der Waals surface area (Å²) in [7, 11) is 1.42. The van der Waals surface area contributed by atoms with Gasteiger partial charge in [-0.15, -0.1) is 0 Å². The van der Waals surface area contributed by atoms with Crippen LogP contribution in [0.2, 0.25) is 0 Å². The van der Waals surface area contributed by atoms with Gasteiger partial charge < -0.3 is 9.64 Å². The zero-order valence-corrected chi connectivity index (χ0v) is 14.8. The topological polar surface area (TPSA) is 59.5 Å². The minimum absolute atomic E-state index is 0.0552. The van der Waals surface area contributed by atoms with E-state index in [2.05, 4.69) is 4.98 Å². The van der Waals surface area contributed by atoms with Gasteiger partial charge in [0.15, 0.2) is 0 Å². The third-order valence-electron chi connectivity index (χ3n) is 4.93. The first-order valence-corrected chi connectivity index (χ1v) is 8.67. The molecule has 1 fully saturated rings. The summed E-state index contributed by atoms with van der Waals surface area (Å²) in [5.74, 6) is -0.290. The highest BCUT2D eigenvalue weighted by molar-refractivity contribution is 5.92. The summed E-state index contributed by atoms with van der Waals surface area (Å²) in [6.07, 6.45) is 7.82. The summed E-state index contributed by atoms with van der Waals surface area (Å²) in [4.78, 5) is 30.8. The second kappa shape index (κ2) is 7.95. The maximum Gasteiger partial charge on any atom is 0.316 e. The SMILES string of the molecule is COC(=O)C1(c2ccccc2)CCN(C(=O)C=Cc2cccnc2)CC1. The van der Waals surface area contributed by atoms with Crippen LogP contribution in [0.5, 0.6) is 0 Å². The Labute approximate surface area is 153 Å². The minimum Gasteiger partial charge on any atom is -0.468 e. The number of likely N-dealkylation sites (tertiary alicyclic amines) is 1. The van der Waals surface area contributed by atoms with Gasteiger partial charge in [-0.2, -0.15) is 0 Å². The first-order chi connectivity index (χ1) is 12.7. The van der Waals surface area contributed by atoms with Crippen molar-refractivity contribution in [1.29, 1.82) is 0 Å². The highest BCUT2D eigenvalue weighted by Gasteiger charge is 2.44. The predicted molar refractivity (Wildman–Crippen MR) is 99.2 cm³/mol. The van der Waals surface area contributed by atoms with E-state index in [9.17, 15) is 9.59 Å². The highest BCUT2D eigenvalue weighted by atomic mass is 16.5. The molecule has 0 spiro atoms. The molecule has 3 rings (SSSR count). The average Bonchev–Trinajstić information content (AvgIpc) is 2.73. The van der Waals surface area contributed by atoms with Crippen molar-refractivity contribution in [3.05, 3.63) is 72.1 Å². The monoisotopic (exact) mass is 350 g/mol. The Morgan fingerprint density at radius 3 is 2.46 bits per heavy atom. The molecule has 1 saturated heterocycles. The van der Waals surface area contributed by atoms with E-state index in [1.54, 1.807) is 29.4 Å². The van der Waals surface area contributed by atoms with Crippen LogP contribution in [0, 0.1) is 0 Å². The number of esters is 1. The number of carbonyl (C=O) groups is 2. The van der Waals surface area contributed by atoms with Crippen LogP contribution in [-0.2, 0) is 19.7 Å². The number of piperidine rings is 1. The van der Waals surface area contributed by atoms with Crippen molar-refractivity contribution in [2.24, 2.45) is 0 Å². The Morgan fingerprint density at radius 1 is 1.12 bits per heavy atom. The van der Waals surface area contributed by atoms with Crippen molar-refractivity contribution in [2.45, 2.75) is 18.3 Å². The lowest BCUT2D eigenvalue weighted by Gasteiger charge is -2.39. The molecule has 1 aliphatic heterocycles. The third kappa shape index (κ3) is 3.67. The van der Waals surface area contributed by atoms with Gasteiger partial charge in [-0.25, -0.2) is 0 Å². The van der Waals surface area contributed by atoms with E-state index in [0.29, 0.717) is 25.9 Å². The maximum atomic E-state index is 12.5. The minimum atomic E-state index is -0.681. The van der Waals surface area contributed by atoms with E-state index in [0.717, 1.165) is 11.1 Å². The van der Waals surface area contributed by atoms with E-state index < -0.39 is 5.41 Å². The van der Waals surface area contributed by atoms with Crippen LogP contribution in [0.1, 0.15) is 24.0 Å². The van der Waals surface area contributed by atoms with Crippen LogP contribution in [0.25, 0.3) is 6.08 Å². The molecule has 0 N–H and O–H groups in total. The molecule has 0 atom stereocenters. The standard InChI is InChI=1S/C21H22N2O3/c1-26-20(25)21(18-7-3-2-4-8-18)11-14-23(15-12-21)19(24)10-9-17-6-5-13-22-16-17/h2-10,13,16H,11-12,14-15H2,1H3. The number of benzene rings is 1. The van der Waals surface area contributed by atoms with Crippen molar-refractivity contribution in [1.82, 2.24) is 9.88 Å². The van der Waals surface area contributed by atoms with Crippen molar-refractivity contribution in [2.75, 3.05) is 20.2 Å². The fourth-order valence-corrected chi connectivity index (χ4v) is 3.42. The second-order valence-electron chi connectivity index (χ2n) is 6.38. The van der Waals surface area contributed by atoms with Gasteiger partial charge in [0.05, 0.1) is 12.5 Å². The van der Waals surface area contributed by atoms with Crippen molar-refractivity contribution in [3.63, 3.8) is 0 Å². The molecule has 0 radical (unpaired) electrons. The van der Waals surface area contributed by atoms with Crippen LogP contribution in [-0.4, -0.2) is 42.0 Å². The molecule has 1 aromatic heterocycles. The molecule has 0 unspecified atom stereocenters. The molecule has 2 aromatic rings. The molecule has 0 aliphatic carbocycles. The lowest BCUT2D eigenvalue weighted by Crippen LogP contribution is -2.49. The number of pyridine rings is 1. The van der Waals surface area contributed by atoms with Gasteiger partial charge in [0.25, 0.3) is 0 Å². The first-order valence-electron chi connectivity index (χ1n) is 8.67. The number of hydrogen-bond acceptors (Lipinski definition) is 4. The van der Waals surface area contributed by atoms with Crippen LogP contribution < -0.4 is 0 Å². The zero-order chi connectivity index (χ0) is 18.4. The average molecular weight is 350 g/mol. The number of ether oxygens (including phenoxy) is 1. The molecule has 26 heavy (non-hydrogen) atoms. The van der Waals surface area contributed by atoms with E-state index in [4.69, 9.17) is 4.74 Å². The number of methoxy groups -OCH3 is 1. The van der Waals surface area contributed by atoms with Crippen molar-refractivity contribution >= 4 is 18.0 Å². The predicted octanol–water partition coefficient (Wildman–Crippen LogP) is 2.83. The lowest BCUT2D eigenvalue weighted by atomic mass is 9.72. The van der Waals surface area contributed by atoms with Crippen LogP contribution in [0.15, 0.2) is 60.9 Å². The number of hydrogen-bond donors (Lipinski definition) is 0. The molecule has 2 heterocycles. The van der Waals surface area contributed by atoms with E-state index in [1.165, 1.54) is 7.11 Å². The zero-order valence-electron chi connectivity index (χ0n) is 14.8. The first kappa shape index (κ1) is 17.9. The van der Waals surface area contributed by atoms with E-state index in [1.807, 2.05) is 42.5 Å².